The number of nitrogens with one attached hydrogen (secondary N) is 1. The van der Waals surface area contributed by atoms with Gasteiger partial charge in [0.2, 0.25) is 0 Å². The van der Waals surface area contributed by atoms with E-state index in [0.717, 1.165) is 17.2 Å². The normalized spacial score (nSPS) is 16.5. The van der Waals surface area contributed by atoms with Crippen LogP contribution < -0.4 is 0 Å². The van der Waals surface area contributed by atoms with Crippen molar-refractivity contribution >= 4 is 23.3 Å². The average molecular weight is 274 g/mol. The van der Waals surface area contributed by atoms with Crippen molar-refractivity contribution in [2.75, 3.05) is 0 Å². The Morgan fingerprint density at radius 1 is 1.32 bits per heavy atom. The van der Waals surface area contributed by atoms with Crippen LogP contribution in [-0.2, 0) is 6.54 Å². The summed E-state index contributed by atoms with van der Waals surface area (Å²) in [5.41, 5.74) is 3.70. The first-order valence-electron chi connectivity index (χ1n) is 7.43. The summed E-state index contributed by atoms with van der Waals surface area (Å²) < 4.78 is 3.13. The molecule has 1 aliphatic rings. The number of H-pyrrole nitrogens is 1. The van der Waals surface area contributed by atoms with Gasteiger partial charge in [-0.2, -0.15) is 0 Å². The highest BCUT2D eigenvalue weighted by Crippen LogP contribution is 2.29. The molecule has 2 aromatic rings. The molecule has 1 aromatic carbocycles. The van der Waals surface area contributed by atoms with E-state index >= 15 is 0 Å². The van der Waals surface area contributed by atoms with Crippen molar-refractivity contribution in [1.82, 2.24) is 9.55 Å². The maximum absolute atomic E-state index is 5.45. The highest BCUT2D eigenvalue weighted by molar-refractivity contribution is 7.71. The van der Waals surface area contributed by atoms with Gasteiger partial charge in [0.15, 0.2) is 4.77 Å². The number of hydrogen-bond acceptors (Lipinski definition) is 1. The van der Waals surface area contributed by atoms with Gasteiger partial charge in [-0.25, -0.2) is 0 Å². The molecule has 102 valence electrons. The van der Waals surface area contributed by atoms with Gasteiger partial charge in [-0.3, -0.25) is 0 Å². The molecule has 0 radical (unpaired) electrons. The molecule has 2 nitrogen and oxygen atoms in total. The number of hydrogen-bond donors (Lipinski definition) is 1. The van der Waals surface area contributed by atoms with E-state index in [1.54, 1.807) is 0 Å². The number of benzene rings is 1. The summed E-state index contributed by atoms with van der Waals surface area (Å²) in [6.07, 6.45) is 8.38. The maximum Gasteiger partial charge on any atom is 0.178 e. The predicted octanol–water partition coefficient (Wildman–Crippen LogP) is 4.98. The van der Waals surface area contributed by atoms with E-state index in [2.05, 4.69) is 34.7 Å². The minimum absolute atomic E-state index is 0.868. The first-order valence-corrected chi connectivity index (χ1v) is 7.84. The van der Waals surface area contributed by atoms with Crippen LogP contribution in [0.15, 0.2) is 18.2 Å². The topological polar surface area (TPSA) is 20.7 Å². The van der Waals surface area contributed by atoms with Crippen molar-refractivity contribution in [1.29, 1.82) is 0 Å². The fraction of sp³-hybridized carbons (Fsp3) is 0.562. The Morgan fingerprint density at radius 2 is 2.11 bits per heavy atom. The molecule has 1 aliphatic carbocycles. The van der Waals surface area contributed by atoms with Gasteiger partial charge in [0, 0.05) is 6.54 Å². The summed E-state index contributed by atoms with van der Waals surface area (Å²) in [6, 6.07) is 6.53. The van der Waals surface area contributed by atoms with Crippen molar-refractivity contribution in [2.24, 2.45) is 5.92 Å². The molecular formula is C16H22N2S. The van der Waals surface area contributed by atoms with Gasteiger partial charge in [0.05, 0.1) is 11.0 Å². The van der Waals surface area contributed by atoms with Gasteiger partial charge in [-0.05, 0) is 55.6 Å². The van der Waals surface area contributed by atoms with Gasteiger partial charge >= 0.3 is 0 Å². The number of fused-ring (bicyclic) bond motifs is 1. The molecule has 1 aromatic heterocycles. The van der Waals surface area contributed by atoms with Gasteiger partial charge in [-0.1, -0.05) is 31.7 Å². The molecule has 1 N–H and O–H groups in total. The van der Waals surface area contributed by atoms with Crippen LogP contribution >= 0.6 is 12.2 Å². The van der Waals surface area contributed by atoms with Crippen molar-refractivity contribution in [3.05, 3.63) is 28.5 Å². The molecule has 3 rings (SSSR count). The zero-order valence-electron chi connectivity index (χ0n) is 11.6. The monoisotopic (exact) mass is 274 g/mol. The third kappa shape index (κ3) is 2.76. The van der Waals surface area contributed by atoms with Crippen LogP contribution in [0.4, 0.5) is 0 Å². The van der Waals surface area contributed by atoms with E-state index < -0.39 is 0 Å². The van der Waals surface area contributed by atoms with Crippen LogP contribution in [0, 0.1) is 17.6 Å². The molecule has 0 aliphatic heterocycles. The Hall–Kier alpha value is -1.09. The summed E-state index contributed by atoms with van der Waals surface area (Å²) in [5.74, 6) is 0.974. The third-order valence-electron chi connectivity index (χ3n) is 4.40. The highest BCUT2D eigenvalue weighted by atomic mass is 32.1. The largest absolute Gasteiger partial charge is 0.331 e. The third-order valence-corrected chi connectivity index (χ3v) is 4.72. The average Bonchev–Trinajstić information content (AvgIpc) is 2.98. The van der Waals surface area contributed by atoms with Gasteiger partial charge in [0.1, 0.15) is 0 Å². The van der Waals surface area contributed by atoms with Gasteiger partial charge in [0.25, 0.3) is 0 Å². The molecule has 0 saturated heterocycles. The molecule has 0 unspecified atom stereocenters. The summed E-state index contributed by atoms with van der Waals surface area (Å²) in [4.78, 5) is 3.32. The molecule has 19 heavy (non-hydrogen) atoms. The molecule has 1 saturated carbocycles. The first kappa shape index (κ1) is 12.9. The van der Waals surface area contributed by atoms with Crippen molar-refractivity contribution in [3.63, 3.8) is 0 Å². The van der Waals surface area contributed by atoms with E-state index in [1.807, 2.05) is 0 Å². The first-order chi connectivity index (χ1) is 9.24. The van der Waals surface area contributed by atoms with Gasteiger partial charge < -0.3 is 9.55 Å². The summed E-state index contributed by atoms with van der Waals surface area (Å²) >= 11 is 5.45. The van der Waals surface area contributed by atoms with Gasteiger partial charge in [-0.15, -0.1) is 0 Å². The zero-order valence-corrected chi connectivity index (χ0v) is 12.4. The summed E-state index contributed by atoms with van der Waals surface area (Å²) in [7, 11) is 0. The fourth-order valence-electron chi connectivity index (χ4n) is 3.34. The summed E-state index contributed by atoms with van der Waals surface area (Å²) in [6.45, 7) is 3.17. The quantitative estimate of drug-likeness (QED) is 0.780. The Kier molecular flexibility index (Phi) is 3.74. The number of aromatic amines is 1. The second kappa shape index (κ2) is 5.49. The minimum Gasteiger partial charge on any atom is -0.331 e. The number of rotatable bonds is 4. The smallest absolute Gasteiger partial charge is 0.178 e. The van der Waals surface area contributed by atoms with Crippen LogP contribution in [0.3, 0.4) is 0 Å². The van der Waals surface area contributed by atoms with Crippen LogP contribution in [0.25, 0.3) is 11.0 Å². The maximum atomic E-state index is 5.45. The lowest BCUT2D eigenvalue weighted by molar-refractivity contribution is 0.460. The molecule has 0 bridgehead atoms. The minimum atomic E-state index is 0.868. The molecule has 0 atom stereocenters. The van der Waals surface area contributed by atoms with Crippen molar-refractivity contribution < 1.29 is 0 Å². The second-order valence-corrected chi connectivity index (χ2v) is 6.28. The number of aryl methyl sites for hydroxylation is 2. The fourth-order valence-corrected chi connectivity index (χ4v) is 3.64. The van der Waals surface area contributed by atoms with E-state index in [1.165, 1.54) is 55.1 Å². The Balaban J connectivity index is 1.73. The lowest BCUT2D eigenvalue weighted by atomic mass is 10.0. The number of nitrogens with zero attached hydrogens (tertiary/aromatic N) is 1. The lowest BCUT2D eigenvalue weighted by Crippen LogP contribution is -2.01. The lowest BCUT2D eigenvalue weighted by Gasteiger charge is -2.09. The zero-order chi connectivity index (χ0) is 13.2. The van der Waals surface area contributed by atoms with Crippen molar-refractivity contribution in [2.45, 2.75) is 52.0 Å². The van der Waals surface area contributed by atoms with Crippen LogP contribution in [-0.4, -0.2) is 9.55 Å². The molecule has 0 spiro atoms. The second-order valence-electron chi connectivity index (χ2n) is 5.90. The van der Waals surface area contributed by atoms with E-state index in [9.17, 15) is 0 Å². The van der Waals surface area contributed by atoms with Crippen LogP contribution in [0.1, 0.15) is 44.1 Å². The summed E-state index contributed by atoms with van der Waals surface area (Å²) in [5, 5.41) is 0. The molecule has 0 amide bonds. The Labute approximate surface area is 119 Å². The van der Waals surface area contributed by atoms with Crippen LogP contribution in [0.2, 0.25) is 0 Å². The molecular weight excluding hydrogens is 252 g/mol. The number of aromatic nitrogens is 2. The molecule has 3 heteroatoms. The Bertz CT molecular complexity index is 617. The number of imidazole rings is 1. The molecule has 1 fully saturated rings. The van der Waals surface area contributed by atoms with Crippen LogP contribution in [0.5, 0.6) is 0 Å². The van der Waals surface area contributed by atoms with E-state index in [-0.39, 0.29) is 0 Å². The standard InChI is InChI=1S/C16H22N2S/c1-12-8-9-15-14(11-12)17-16(19)18(15)10-4-7-13-5-2-3-6-13/h8-9,11,13H,2-7,10H2,1H3,(H,17,19). The van der Waals surface area contributed by atoms with Crippen molar-refractivity contribution in [3.8, 4) is 0 Å². The Morgan fingerprint density at radius 3 is 2.89 bits per heavy atom. The highest BCUT2D eigenvalue weighted by Gasteiger charge is 2.14. The SMILES string of the molecule is Cc1ccc2c(c1)[nH]c(=S)n2CCCC1CCCC1. The molecule has 1 heterocycles. The van der Waals surface area contributed by atoms with E-state index in [4.69, 9.17) is 12.2 Å². The van der Waals surface area contributed by atoms with E-state index in [0.29, 0.717) is 0 Å². The predicted molar refractivity (Wildman–Crippen MR) is 83.1 cm³/mol.